The summed E-state index contributed by atoms with van der Waals surface area (Å²) in [7, 11) is 3.26. The molecule has 3 rings (SSSR count). The van der Waals surface area contributed by atoms with Crippen molar-refractivity contribution in [3.05, 3.63) is 63.2 Å². The molecule has 2 aromatic carbocycles. The molecular formula is C17H18N2O4. The van der Waals surface area contributed by atoms with E-state index in [9.17, 15) is 10.1 Å². The Bertz CT molecular complexity index is 745. The molecule has 0 aromatic heterocycles. The fraction of sp³-hybridized carbons (Fsp3) is 0.294. The molecule has 0 N–H and O–H groups in total. The molecule has 1 aliphatic heterocycles. The summed E-state index contributed by atoms with van der Waals surface area (Å²) >= 11 is 0. The number of nitro benzene ring substituents is 1. The summed E-state index contributed by atoms with van der Waals surface area (Å²) in [6, 6.07) is 10.8. The van der Waals surface area contributed by atoms with Crippen LogP contribution < -0.4 is 9.47 Å². The molecule has 0 saturated heterocycles. The Morgan fingerprint density at radius 3 is 2.57 bits per heavy atom. The fourth-order valence-corrected chi connectivity index (χ4v) is 2.90. The van der Waals surface area contributed by atoms with E-state index in [1.807, 2.05) is 24.3 Å². The molecule has 0 saturated carbocycles. The van der Waals surface area contributed by atoms with Gasteiger partial charge in [0.15, 0.2) is 0 Å². The highest BCUT2D eigenvalue weighted by atomic mass is 16.6. The Morgan fingerprint density at radius 2 is 1.87 bits per heavy atom. The molecule has 1 aliphatic rings. The van der Waals surface area contributed by atoms with E-state index in [-0.39, 0.29) is 10.6 Å². The Kier molecular flexibility index (Phi) is 4.16. The lowest BCUT2D eigenvalue weighted by Crippen LogP contribution is -2.16. The van der Waals surface area contributed by atoms with Crippen molar-refractivity contribution >= 4 is 5.69 Å². The van der Waals surface area contributed by atoms with Crippen LogP contribution in [0.2, 0.25) is 0 Å². The number of hydrogen-bond acceptors (Lipinski definition) is 5. The van der Waals surface area contributed by atoms with E-state index >= 15 is 0 Å². The minimum Gasteiger partial charge on any atom is -0.497 e. The van der Waals surface area contributed by atoms with Crippen molar-refractivity contribution in [3.8, 4) is 11.5 Å². The minimum atomic E-state index is -0.352. The van der Waals surface area contributed by atoms with E-state index in [1.54, 1.807) is 26.4 Å². The standard InChI is InChI=1S/C17H18N2O4/c1-22-16-6-4-13(17(8-16)23-2)10-18-9-12-3-5-15(19(20)21)7-14(12)11-18/h3-8H,9-11H2,1-2H3. The Morgan fingerprint density at radius 1 is 1.09 bits per heavy atom. The third-order valence-corrected chi connectivity index (χ3v) is 4.08. The van der Waals surface area contributed by atoms with Crippen LogP contribution in [0.1, 0.15) is 16.7 Å². The van der Waals surface area contributed by atoms with Crippen molar-refractivity contribution < 1.29 is 14.4 Å². The minimum absolute atomic E-state index is 0.146. The van der Waals surface area contributed by atoms with E-state index in [4.69, 9.17) is 9.47 Å². The first-order chi connectivity index (χ1) is 11.1. The normalized spacial score (nSPS) is 13.7. The maximum absolute atomic E-state index is 10.9. The van der Waals surface area contributed by atoms with E-state index in [0.717, 1.165) is 41.3 Å². The SMILES string of the molecule is COc1ccc(CN2Cc3ccc([N+](=O)[O-])cc3C2)c(OC)c1. The average molecular weight is 314 g/mol. The molecule has 1 heterocycles. The van der Waals surface area contributed by atoms with Crippen molar-refractivity contribution in [1.29, 1.82) is 0 Å². The number of nitro groups is 1. The molecule has 23 heavy (non-hydrogen) atoms. The number of methoxy groups -OCH3 is 2. The molecule has 0 unspecified atom stereocenters. The summed E-state index contributed by atoms with van der Waals surface area (Å²) in [4.78, 5) is 12.8. The Hall–Kier alpha value is -2.60. The van der Waals surface area contributed by atoms with Crippen LogP contribution in [0.25, 0.3) is 0 Å². The van der Waals surface area contributed by atoms with Gasteiger partial charge in [-0.25, -0.2) is 0 Å². The van der Waals surface area contributed by atoms with Gasteiger partial charge in [0.1, 0.15) is 11.5 Å². The van der Waals surface area contributed by atoms with Crippen molar-refractivity contribution in [1.82, 2.24) is 4.90 Å². The van der Waals surface area contributed by atoms with Gasteiger partial charge in [0.05, 0.1) is 19.1 Å². The first-order valence-electron chi connectivity index (χ1n) is 7.30. The Balaban J connectivity index is 1.77. The zero-order valence-corrected chi connectivity index (χ0v) is 13.1. The number of ether oxygens (including phenoxy) is 2. The van der Waals surface area contributed by atoms with E-state index in [0.29, 0.717) is 6.54 Å². The molecule has 0 atom stereocenters. The highest BCUT2D eigenvalue weighted by Gasteiger charge is 2.22. The van der Waals surface area contributed by atoms with Crippen molar-refractivity contribution in [2.45, 2.75) is 19.6 Å². The zero-order valence-electron chi connectivity index (χ0n) is 13.1. The highest BCUT2D eigenvalue weighted by Crippen LogP contribution is 2.31. The fourth-order valence-electron chi connectivity index (χ4n) is 2.90. The number of fused-ring (bicyclic) bond motifs is 1. The smallest absolute Gasteiger partial charge is 0.269 e. The second kappa shape index (κ2) is 6.26. The molecule has 0 bridgehead atoms. The van der Waals surface area contributed by atoms with Crippen LogP contribution in [0.15, 0.2) is 36.4 Å². The summed E-state index contributed by atoms with van der Waals surface area (Å²) in [5, 5.41) is 10.9. The largest absolute Gasteiger partial charge is 0.497 e. The van der Waals surface area contributed by atoms with Crippen LogP contribution in [-0.2, 0) is 19.6 Å². The van der Waals surface area contributed by atoms with Gasteiger partial charge in [-0.15, -0.1) is 0 Å². The molecule has 6 nitrogen and oxygen atoms in total. The molecule has 0 fully saturated rings. The number of non-ortho nitro benzene ring substituents is 1. The van der Waals surface area contributed by atoms with Crippen LogP contribution >= 0.6 is 0 Å². The quantitative estimate of drug-likeness (QED) is 0.626. The van der Waals surface area contributed by atoms with Gasteiger partial charge in [0.25, 0.3) is 5.69 Å². The Labute approximate surface area is 134 Å². The lowest BCUT2D eigenvalue weighted by atomic mass is 10.1. The van der Waals surface area contributed by atoms with E-state index in [2.05, 4.69) is 4.90 Å². The number of hydrogen-bond donors (Lipinski definition) is 0. The number of nitrogens with zero attached hydrogens (tertiary/aromatic N) is 2. The van der Waals surface area contributed by atoms with Crippen LogP contribution in [0.3, 0.4) is 0 Å². The van der Waals surface area contributed by atoms with Crippen LogP contribution in [0.4, 0.5) is 5.69 Å². The monoisotopic (exact) mass is 314 g/mol. The predicted molar refractivity (Wildman–Crippen MR) is 85.6 cm³/mol. The van der Waals surface area contributed by atoms with Gasteiger partial charge in [0.2, 0.25) is 0 Å². The maximum atomic E-state index is 10.9. The summed E-state index contributed by atoms with van der Waals surface area (Å²) in [6.07, 6.45) is 0. The third-order valence-electron chi connectivity index (χ3n) is 4.08. The highest BCUT2D eigenvalue weighted by molar-refractivity contribution is 5.43. The van der Waals surface area contributed by atoms with Crippen LogP contribution in [0.5, 0.6) is 11.5 Å². The lowest BCUT2D eigenvalue weighted by Gasteiger charge is -2.17. The van der Waals surface area contributed by atoms with Gasteiger partial charge in [-0.05, 0) is 17.2 Å². The first-order valence-corrected chi connectivity index (χ1v) is 7.30. The zero-order chi connectivity index (χ0) is 16.4. The predicted octanol–water partition coefficient (Wildman–Crippen LogP) is 3.13. The molecule has 0 aliphatic carbocycles. The molecule has 0 spiro atoms. The molecule has 0 amide bonds. The summed E-state index contributed by atoms with van der Waals surface area (Å²) in [6.45, 7) is 2.20. The third kappa shape index (κ3) is 3.12. The maximum Gasteiger partial charge on any atom is 0.269 e. The van der Waals surface area contributed by atoms with Crippen LogP contribution in [-0.4, -0.2) is 24.0 Å². The number of benzene rings is 2. The molecule has 6 heteroatoms. The van der Waals surface area contributed by atoms with Gasteiger partial charge in [-0.1, -0.05) is 12.1 Å². The van der Waals surface area contributed by atoms with E-state index < -0.39 is 0 Å². The summed E-state index contributed by atoms with van der Waals surface area (Å²) < 4.78 is 10.6. The molecular weight excluding hydrogens is 296 g/mol. The van der Waals surface area contributed by atoms with Crippen molar-refractivity contribution in [3.63, 3.8) is 0 Å². The molecule has 2 aromatic rings. The van der Waals surface area contributed by atoms with E-state index in [1.165, 1.54) is 0 Å². The first kappa shape index (κ1) is 15.3. The van der Waals surface area contributed by atoms with Gasteiger partial charge in [0, 0.05) is 43.4 Å². The lowest BCUT2D eigenvalue weighted by molar-refractivity contribution is -0.384. The van der Waals surface area contributed by atoms with Gasteiger partial charge in [-0.2, -0.15) is 0 Å². The molecule has 0 radical (unpaired) electrons. The average Bonchev–Trinajstić information content (AvgIpc) is 2.96. The second-order valence-electron chi connectivity index (χ2n) is 5.53. The van der Waals surface area contributed by atoms with Crippen LogP contribution in [0, 0.1) is 10.1 Å². The second-order valence-corrected chi connectivity index (χ2v) is 5.53. The van der Waals surface area contributed by atoms with Gasteiger partial charge >= 0.3 is 0 Å². The van der Waals surface area contributed by atoms with Crippen molar-refractivity contribution in [2.24, 2.45) is 0 Å². The summed E-state index contributed by atoms with van der Waals surface area (Å²) in [5.74, 6) is 1.54. The van der Waals surface area contributed by atoms with Gasteiger partial charge < -0.3 is 9.47 Å². The number of rotatable bonds is 5. The van der Waals surface area contributed by atoms with Gasteiger partial charge in [-0.3, -0.25) is 15.0 Å². The van der Waals surface area contributed by atoms with Crippen molar-refractivity contribution in [2.75, 3.05) is 14.2 Å². The summed E-state index contributed by atoms with van der Waals surface area (Å²) in [5.41, 5.74) is 3.37. The molecule has 120 valence electrons. The topological polar surface area (TPSA) is 64.8 Å².